The van der Waals surface area contributed by atoms with E-state index in [4.69, 9.17) is 5.73 Å². The van der Waals surface area contributed by atoms with Gasteiger partial charge in [-0.2, -0.15) is 0 Å². The van der Waals surface area contributed by atoms with E-state index >= 15 is 0 Å². The van der Waals surface area contributed by atoms with Gasteiger partial charge in [0.15, 0.2) is 0 Å². The first-order chi connectivity index (χ1) is 15.4. The SMILES string of the molecule is CCC(CC)CN1CC[C@@H](CNC(=O)c2ccc3cc(F)ccc3c2)N[C@@H](CCN)C1=O. The first-order valence-electron chi connectivity index (χ1n) is 11.7. The Morgan fingerprint density at radius 2 is 1.94 bits per heavy atom. The summed E-state index contributed by atoms with van der Waals surface area (Å²) in [5.41, 5.74) is 6.30. The van der Waals surface area contributed by atoms with Gasteiger partial charge in [0.05, 0.1) is 6.04 Å². The van der Waals surface area contributed by atoms with Crippen LogP contribution in [0, 0.1) is 11.7 Å². The van der Waals surface area contributed by atoms with Crippen LogP contribution in [0.4, 0.5) is 4.39 Å². The smallest absolute Gasteiger partial charge is 0.251 e. The molecule has 2 atom stereocenters. The molecule has 1 aliphatic rings. The molecule has 0 spiro atoms. The Balaban J connectivity index is 1.64. The molecule has 1 heterocycles. The van der Waals surface area contributed by atoms with E-state index in [-0.39, 0.29) is 29.7 Å². The largest absolute Gasteiger partial charge is 0.350 e. The van der Waals surface area contributed by atoms with Crippen LogP contribution in [0.2, 0.25) is 0 Å². The van der Waals surface area contributed by atoms with Crippen molar-refractivity contribution in [2.45, 2.75) is 51.6 Å². The highest BCUT2D eigenvalue weighted by Crippen LogP contribution is 2.18. The van der Waals surface area contributed by atoms with Crippen molar-refractivity contribution in [1.29, 1.82) is 0 Å². The van der Waals surface area contributed by atoms with E-state index in [1.807, 2.05) is 4.90 Å². The number of rotatable bonds is 9. The van der Waals surface area contributed by atoms with Gasteiger partial charge in [-0.15, -0.1) is 0 Å². The van der Waals surface area contributed by atoms with Crippen LogP contribution >= 0.6 is 0 Å². The predicted molar refractivity (Wildman–Crippen MR) is 126 cm³/mol. The van der Waals surface area contributed by atoms with E-state index < -0.39 is 0 Å². The fourth-order valence-corrected chi connectivity index (χ4v) is 4.33. The number of carbonyl (C=O) groups is 2. The van der Waals surface area contributed by atoms with Crippen LogP contribution in [-0.2, 0) is 4.79 Å². The van der Waals surface area contributed by atoms with E-state index in [9.17, 15) is 14.0 Å². The minimum absolute atomic E-state index is 0.0132. The van der Waals surface area contributed by atoms with Crippen molar-refractivity contribution >= 4 is 22.6 Å². The Labute approximate surface area is 189 Å². The predicted octanol–water partition coefficient (Wildman–Crippen LogP) is 3.05. The monoisotopic (exact) mass is 442 g/mol. The maximum atomic E-state index is 13.4. The average molecular weight is 443 g/mol. The fourth-order valence-electron chi connectivity index (χ4n) is 4.33. The van der Waals surface area contributed by atoms with Crippen LogP contribution in [0.3, 0.4) is 0 Å². The molecular formula is C25H35FN4O2. The maximum absolute atomic E-state index is 13.4. The maximum Gasteiger partial charge on any atom is 0.251 e. The lowest BCUT2D eigenvalue weighted by Gasteiger charge is -2.27. The molecule has 0 aromatic heterocycles. The highest BCUT2D eigenvalue weighted by molar-refractivity contribution is 5.98. The Kier molecular flexibility index (Phi) is 8.59. The summed E-state index contributed by atoms with van der Waals surface area (Å²) in [5, 5.41) is 7.99. The van der Waals surface area contributed by atoms with Gasteiger partial charge in [0.1, 0.15) is 5.82 Å². The van der Waals surface area contributed by atoms with Crippen molar-refractivity contribution < 1.29 is 14.0 Å². The van der Waals surface area contributed by atoms with Crippen LogP contribution in [0.15, 0.2) is 36.4 Å². The number of carbonyl (C=O) groups excluding carboxylic acids is 2. The van der Waals surface area contributed by atoms with Crippen LogP contribution in [-0.4, -0.2) is 55.0 Å². The van der Waals surface area contributed by atoms with Crippen LogP contribution in [0.1, 0.15) is 49.9 Å². The Hall–Kier alpha value is -2.51. The van der Waals surface area contributed by atoms with Crippen molar-refractivity contribution in [2.75, 3.05) is 26.2 Å². The number of fused-ring (bicyclic) bond motifs is 1. The summed E-state index contributed by atoms with van der Waals surface area (Å²) in [5.74, 6) is 0.125. The summed E-state index contributed by atoms with van der Waals surface area (Å²) in [6.45, 7) is 6.62. The molecule has 2 aromatic rings. The fraction of sp³-hybridized carbons (Fsp3) is 0.520. The van der Waals surface area contributed by atoms with Gasteiger partial charge in [0.25, 0.3) is 5.91 Å². The first kappa shape index (κ1) is 24.1. The summed E-state index contributed by atoms with van der Waals surface area (Å²) in [4.78, 5) is 27.8. The molecule has 1 saturated heterocycles. The highest BCUT2D eigenvalue weighted by Gasteiger charge is 2.31. The lowest BCUT2D eigenvalue weighted by Crippen LogP contribution is -2.50. The summed E-state index contributed by atoms with van der Waals surface area (Å²) in [6, 6.07) is 9.40. The van der Waals surface area contributed by atoms with Crippen molar-refractivity contribution in [3.05, 3.63) is 47.8 Å². The third-order valence-corrected chi connectivity index (χ3v) is 6.46. The molecular weight excluding hydrogens is 407 g/mol. The molecule has 174 valence electrons. The molecule has 4 N–H and O–H groups in total. The molecule has 32 heavy (non-hydrogen) atoms. The molecule has 0 saturated carbocycles. The van der Waals surface area contributed by atoms with E-state index in [0.29, 0.717) is 37.5 Å². The molecule has 2 aromatic carbocycles. The Morgan fingerprint density at radius 1 is 1.22 bits per heavy atom. The second-order valence-corrected chi connectivity index (χ2v) is 8.67. The molecule has 7 heteroatoms. The van der Waals surface area contributed by atoms with Crippen molar-refractivity contribution in [3.63, 3.8) is 0 Å². The third-order valence-electron chi connectivity index (χ3n) is 6.46. The molecule has 0 bridgehead atoms. The quantitative estimate of drug-likeness (QED) is 0.557. The number of nitrogens with one attached hydrogen (secondary N) is 2. The molecule has 0 radical (unpaired) electrons. The summed E-state index contributed by atoms with van der Waals surface area (Å²) < 4.78 is 13.4. The molecule has 1 aliphatic heterocycles. The second-order valence-electron chi connectivity index (χ2n) is 8.67. The van der Waals surface area contributed by atoms with Gasteiger partial charge in [-0.25, -0.2) is 4.39 Å². The highest BCUT2D eigenvalue weighted by atomic mass is 19.1. The number of amides is 2. The van der Waals surface area contributed by atoms with Crippen molar-refractivity contribution in [1.82, 2.24) is 15.5 Å². The van der Waals surface area contributed by atoms with Crippen LogP contribution < -0.4 is 16.4 Å². The van der Waals surface area contributed by atoms with E-state index in [0.717, 1.165) is 36.6 Å². The van der Waals surface area contributed by atoms with Gasteiger partial charge >= 0.3 is 0 Å². The van der Waals surface area contributed by atoms with E-state index in [1.165, 1.54) is 12.1 Å². The Bertz CT molecular complexity index is 931. The zero-order chi connectivity index (χ0) is 23.1. The molecule has 6 nitrogen and oxygen atoms in total. The molecule has 1 fully saturated rings. The minimum atomic E-state index is -0.325. The van der Waals surface area contributed by atoms with Crippen LogP contribution in [0.25, 0.3) is 10.8 Å². The van der Waals surface area contributed by atoms with E-state index in [2.05, 4.69) is 24.5 Å². The molecule has 0 unspecified atom stereocenters. The second kappa shape index (κ2) is 11.4. The van der Waals surface area contributed by atoms with Crippen molar-refractivity contribution in [2.24, 2.45) is 11.7 Å². The van der Waals surface area contributed by atoms with Crippen molar-refractivity contribution in [3.8, 4) is 0 Å². The molecule has 0 aliphatic carbocycles. The molecule has 3 rings (SSSR count). The zero-order valence-corrected chi connectivity index (χ0v) is 19.1. The lowest BCUT2D eigenvalue weighted by atomic mass is 10.0. The first-order valence-corrected chi connectivity index (χ1v) is 11.7. The van der Waals surface area contributed by atoms with Crippen LogP contribution in [0.5, 0.6) is 0 Å². The number of hydrogen-bond donors (Lipinski definition) is 3. The summed E-state index contributed by atoms with van der Waals surface area (Å²) >= 11 is 0. The van der Waals surface area contributed by atoms with Gasteiger partial charge < -0.3 is 21.3 Å². The topological polar surface area (TPSA) is 87.5 Å². The Morgan fingerprint density at radius 3 is 2.66 bits per heavy atom. The number of nitrogens with zero attached hydrogens (tertiary/aromatic N) is 1. The number of hydrogen-bond acceptors (Lipinski definition) is 4. The number of halogens is 1. The van der Waals surface area contributed by atoms with Gasteiger partial charge in [-0.05, 0) is 60.3 Å². The van der Waals surface area contributed by atoms with Gasteiger partial charge in [-0.1, -0.05) is 38.8 Å². The average Bonchev–Trinajstić information content (AvgIpc) is 2.94. The summed E-state index contributed by atoms with van der Waals surface area (Å²) in [6.07, 6.45) is 3.44. The van der Waals surface area contributed by atoms with Gasteiger partial charge in [-0.3, -0.25) is 9.59 Å². The zero-order valence-electron chi connectivity index (χ0n) is 19.1. The van der Waals surface area contributed by atoms with Gasteiger partial charge in [0.2, 0.25) is 5.91 Å². The lowest BCUT2D eigenvalue weighted by molar-refractivity contribution is -0.133. The minimum Gasteiger partial charge on any atom is -0.350 e. The standard InChI is InChI=1S/C25H35FN4O2/c1-3-17(4-2)16-30-12-10-22(29-23(9-11-27)25(30)32)15-28-24(31)20-6-5-19-14-21(26)8-7-18(19)13-20/h5-8,13-14,17,22-23,29H,3-4,9-12,15-16,27H2,1-2H3,(H,28,31)/t22-,23-/m0/s1. The van der Waals surface area contributed by atoms with Gasteiger partial charge in [0, 0.05) is 31.2 Å². The third kappa shape index (κ3) is 6.04. The normalized spacial score (nSPS) is 19.4. The number of nitrogens with two attached hydrogens (primary N) is 1. The number of benzene rings is 2. The molecule has 2 amide bonds. The van der Waals surface area contributed by atoms with E-state index in [1.54, 1.807) is 24.3 Å². The summed E-state index contributed by atoms with van der Waals surface area (Å²) in [7, 11) is 0.